The number of hydrogen-bond donors (Lipinski definition) is 0. The Morgan fingerprint density at radius 2 is 1.89 bits per heavy atom. The van der Waals surface area contributed by atoms with Crippen LogP contribution in [0.4, 0.5) is 4.39 Å². The fraction of sp³-hybridized carbons (Fsp3) is 0.409. The molecule has 0 saturated carbocycles. The van der Waals surface area contributed by atoms with E-state index in [9.17, 15) is 9.18 Å². The van der Waals surface area contributed by atoms with E-state index in [1.165, 1.54) is 6.07 Å². The molecule has 0 aliphatic carbocycles. The molecule has 2 aromatic rings. The minimum Gasteiger partial charge on any atom is -0.486 e. The van der Waals surface area contributed by atoms with Crippen molar-refractivity contribution in [1.29, 1.82) is 0 Å². The van der Waals surface area contributed by atoms with Gasteiger partial charge in [-0.25, -0.2) is 4.39 Å². The summed E-state index contributed by atoms with van der Waals surface area (Å²) in [7, 11) is 0. The van der Waals surface area contributed by atoms with Gasteiger partial charge in [0.15, 0.2) is 11.5 Å². The molecule has 4 nitrogen and oxygen atoms in total. The third-order valence-corrected chi connectivity index (χ3v) is 5.30. The monoisotopic (exact) mass is 405 g/mol. The second-order valence-corrected chi connectivity index (χ2v) is 7.22. The van der Waals surface area contributed by atoms with E-state index in [2.05, 4.69) is 0 Å². The lowest BCUT2D eigenvalue weighted by molar-refractivity contribution is 0.0674. The van der Waals surface area contributed by atoms with Crippen LogP contribution < -0.4 is 9.47 Å². The molecule has 150 valence electrons. The molecule has 0 spiro atoms. The number of fused-ring (bicyclic) bond motifs is 1. The lowest BCUT2D eigenvalue weighted by Crippen LogP contribution is -2.40. The van der Waals surface area contributed by atoms with Crippen molar-refractivity contribution in [2.24, 2.45) is 0 Å². The fourth-order valence-electron chi connectivity index (χ4n) is 3.54. The standard InChI is InChI=1S/C22H25ClFNO3/c1-3-18(9-6-15-5-8-17(23)14-19(15)24)25(4-2)22(26)16-7-10-20-21(13-16)28-12-11-27-20/h5,7-8,10,13-14,18H,3-4,6,9,11-12H2,1-2H3. The number of hydrogen-bond acceptors (Lipinski definition) is 3. The van der Waals surface area contributed by atoms with E-state index in [0.29, 0.717) is 60.2 Å². The van der Waals surface area contributed by atoms with E-state index >= 15 is 0 Å². The molecule has 1 aliphatic heterocycles. The summed E-state index contributed by atoms with van der Waals surface area (Å²) in [5.41, 5.74) is 1.19. The highest BCUT2D eigenvalue weighted by atomic mass is 35.5. The first-order valence-corrected chi connectivity index (χ1v) is 10.1. The highest BCUT2D eigenvalue weighted by molar-refractivity contribution is 6.30. The number of nitrogens with zero attached hydrogens (tertiary/aromatic N) is 1. The van der Waals surface area contributed by atoms with E-state index in [-0.39, 0.29) is 17.8 Å². The van der Waals surface area contributed by atoms with Gasteiger partial charge in [-0.3, -0.25) is 4.79 Å². The lowest BCUT2D eigenvalue weighted by Gasteiger charge is -2.31. The molecule has 0 aromatic heterocycles. The minimum atomic E-state index is -0.302. The molecule has 1 atom stereocenters. The Morgan fingerprint density at radius 3 is 2.57 bits per heavy atom. The first kappa shape index (κ1) is 20.5. The number of carbonyl (C=O) groups is 1. The molecule has 3 rings (SSSR count). The second-order valence-electron chi connectivity index (χ2n) is 6.79. The first-order chi connectivity index (χ1) is 13.5. The largest absolute Gasteiger partial charge is 0.486 e. The van der Waals surface area contributed by atoms with Crippen LogP contribution >= 0.6 is 11.6 Å². The van der Waals surface area contributed by atoms with Gasteiger partial charge < -0.3 is 14.4 Å². The van der Waals surface area contributed by atoms with Gasteiger partial charge in [-0.05, 0) is 62.1 Å². The van der Waals surface area contributed by atoms with Crippen molar-refractivity contribution >= 4 is 17.5 Å². The van der Waals surface area contributed by atoms with Gasteiger partial charge in [-0.1, -0.05) is 24.6 Å². The Kier molecular flexibility index (Phi) is 6.79. The van der Waals surface area contributed by atoms with Gasteiger partial charge in [0.25, 0.3) is 5.91 Å². The maximum atomic E-state index is 14.1. The maximum Gasteiger partial charge on any atom is 0.254 e. The average molecular weight is 406 g/mol. The number of carbonyl (C=O) groups excluding carboxylic acids is 1. The number of amides is 1. The van der Waals surface area contributed by atoms with E-state index < -0.39 is 0 Å². The van der Waals surface area contributed by atoms with Crippen LogP contribution in [0.3, 0.4) is 0 Å². The summed E-state index contributed by atoms with van der Waals surface area (Å²) < 4.78 is 25.2. The molecule has 1 aliphatic rings. The van der Waals surface area contributed by atoms with Crippen LogP contribution in [0.15, 0.2) is 36.4 Å². The van der Waals surface area contributed by atoms with E-state index in [1.807, 2.05) is 18.7 Å². The fourth-order valence-corrected chi connectivity index (χ4v) is 3.70. The molecule has 6 heteroatoms. The number of benzene rings is 2. The summed E-state index contributed by atoms with van der Waals surface area (Å²) in [5.74, 6) is 0.909. The topological polar surface area (TPSA) is 38.8 Å². The van der Waals surface area contributed by atoms with Gasteiger partial charge in [-0.15, -0.1) is 0 Å². The summed E-state index contributed by atoms with van der Waals surface area (Å²) >= 11 is 5.83. The van der Waals surface area contributed by atoms with Crippen LogP contribution in [-0.2, 0) is 6.42 Å². The lowest BCUT2D eigenvalue weighted by atomic mass is 10.0. The first-order valence-electron chi connectivity index (χ1n) is 9.68. The highest BCUT2D eigenvalue weighted by Gasteiger charge is 2.24. The van der Waals surface area contributed by atoms with Gasteiger partial charge in [0.05, 0.1) is 0 Å². The predicted molar refractivity (Wildman–Crippen MR) is 108 cm³/mol. The van der Waals surface area contributed by atoms with Crippen molar-refractivity contribution in [3.63, 3.8) is 0 Å². The third-order valence-electron chi connectivity index (χ3n) is 5.06. The molecule has 0 radical (unpaired) electrons. The smallest absolute Gasteiger partial charge is 0.254 e. The van der Waals surface area contributed by atoms with E-state index in [0.717, 1.165) is 6.42 Å². The Bertz CT molecular complexity index is 843. The van der Waals surface area contributed by atoms with Crippen molar-refractivity contribution in [2.45, 2.75) is 39.2 Å². The molecule has 1 heterocycles. The van der Waals surface area contributed by atoms with Crippen molar-refractivity contribution in [3.05, 3.63) is 58.4 Å². The van der Waals surface area contributed by atoms with Crippen LogP contribution in [0.1, 0.15) is 42.6 Å². The Labute approximate surface area is 170 Å². The van der Waals surface area contributed by atoms with Crippen LogP contribution in [0.2, 0.25) is 5.02 Å². The second kappa shape index (κ2) is 9.28. The number of halogens is 2. The molecule has 0 bridgehead atoms. The van der Waals surface area contributed by atoms with Crippen molar-refractivity contribution in [1.82, 2.24) is 4.90 Å². The molecular formula is C22H25ClFNO3. The predicted octanol–water partition coefficient (Wildman–Crippen LogP) is 5.12. The molecule has 1 unspecified atom stereocenters. The minimum absolute atomic E-state index is 0.0146. The average Bonchev–Trinajstić information content (AvgIpc) is 2.71. The van der Waals surface area contributed by atoms with Gasteiger partial charge >= 0.3 is 0 Å². The summed E-state index contributed by atoms with van der Waals surface area (Å²) in [6.07, 6.45) is 2.02. The van der Waals surface area contributed by atoms with E-state index in [4.69, 9.17) is 21.1 Å². The molecular weight excluding hydrogens is 381 g/mol. The van der Waals surface area contributed by atoms with Crippen LogP contribution in [0.25, 0.3) is 0 Å². The Balaban J connectivity index is 1.73. The summed E-state index contributed by atoms with van der Waals surface area (Å²) in [4.78, 5) is 15.0. The Hall–Kier alpha value is -2.27. The third kappa shape index (κ3) is 4.58. The van der Waals surface area contributed by atoms with Crippen LogP contribution in [0, 0.1) is 5.82 Å². The van der Waals surface area contributed by atoms with Gasteiger partial charge in [0.2, 0.25) is 0 Å². The van der Waals surface area contributed by atoms with Crippen molar-refractivity contribution in [3.8, 4) is 11.5 Å². The van der Waals surface area contributed by atoms with Crippen molar-refractivity contribution < 1.29 is 18.7 Å². The summed E-state index contributed by atoms with van der Waals surface area (Å²) in [6, 6.07) is 10.0. The number of aryl methyl sites for hydroxylation is 1. The molecule has 28 heavy (non-hydrogen) atoms. The Morgan fingerprint density at radius 1 is 1.14 bits per heavy atom. The zero-order chi connectivity index (χ0) is 20.1. The maximum absolute atomic E-state index is 14.1. The van der Waals surface area contributed by atoms with E-state index in [1.54, 1.807) is 30.3 Å². The van der Waals surface area contributed by atoms with Crippen LogP contribution in [-0.4, -0.2) is 36.6 Å². The normalized spacial score (nSPS) is 13.9. The zero-order valence-electron chi connectivity index (χ0n) is 16.2. The molecule has 2 aromatic carbocycles. The summed E-state index contributed by atoms with van der Waals surface area (Å²) in [5, 5.41) is 0.386. The summed E-state index contributed by atoms with van der Waals surface area (Å²) in [6.45, 7) is 5.58. The molecule has 1 amide bonds. The number of ether oxygens (including phenoxy) is 2. The quantitative estimate of drug-likeness (QED) is 0.641. The van der Waals surface area contributed by atoms with Gasteiger partial charge in [0, 0.05) is 23.2 Å². The van der Waals surface area contributed by atoms with Crippen LogP contribution in [0.5, 0.6) is 11.5 Å². The van der Waals surface area contributed by atoms with Crippen molar-refractivity contribution in [2.75, 3.05) is 19.8 Å². The van der Waals surface area contributed by atoms with Gasteiger partial charge in [0.1, 0.15) is 19.0 Å². The zero-order valence-corrected chi connectivity index (χ0v) is 17.0. The molecule has 0 N–H and O–H groups in total. The SMILES string of the molecule is CCC(CCc1ccc(Cl)cc1F)N(CC)C(=O)c1ccc2c(c1)OCCO2. The number of rotatable bonds is 7. The molecule has 0 saturated heterocycles. The molecule has 0 fully saturated rings. The highest BCUT2D eigenvalue weighted by Crippen LogP contribution is 2.31. The van der Waals surface area contributed by atoms with Gasteiger partial charge in [-0.2, -0.15) is 0 Å².